The zero-order valence-electron chi connectivity index (χ0n) is 20.6. The Morgan fingerprint density at radius 3 is 2.22 bits per heavy atom. The molecule has 0 unspecified atom stereocenters. The van der Waals surface area contributed by atoms with Crippen molar-refractivity contribution in [1.29, 1.82) is 0 Å². The van der Waals surface area contributed by atoms with E-state index in [1.54, 1.807) is 0 Å². The van der Waals surface area contributed by atoms with Crippen LogP contribution in [-0.4, -0.2) is 40.2 Å². The standard InChI is InChI=1S/C26H34FN5O3S/c1-2-20(24(33)29-17-10-6-7-11-17)32(19-14-12-16(27)13-15-19)26(35)23-21(28)22(31-36-23)25(34)30-18-8-4-3-5-9-18/h12-15,17-18,20H,2-11,28H2,1H3,(H,29,33)(H,30,34)/t20-/m1/s1. The molecular weight excluding hydrogens is 481 g/mol. The van der Waals surface area contributed by atoms with Gasteiger partial charge in [0.1, 0.15) is 16.7 Å². The highest BCUT2D eigenvalue weighted by Crippen LogP contribution is 2.29. The van der Waals surface area contributed by atoms with E-state index < -0.39 is 23.7 Å². The molecule has 36 heavy (non-hydrogen) atoms. The van der Waals surface area contributed by atoms with E-state index in [4.69, 9.17) is 5.73 Å². The van der Waals surface area contributed by atoms with Gasteiger partial charge in [-0.05, 0) is 67.9 Å². The molecule has 4 rings (SSSR count). The summed E-state index contributed by atoms with van der Waals surface area (Å²) in [6.45, 7) is 1.82. The highest BCUT2D eigenvalue weighted by Gasteiger charge is 2.35. The van der Waals surface area contributed by atoms with Crippen LogP contribution in [0.3, 0.4) is 0 Å². The van der Waals surface area contributed by atoms with Gasteiger partial charge in [0, 0.05) is 17.8 Å². The number of carbonyl (C=O) groups excluding carboxylic acids is 3. The number of nitrogens with zero attached hydrogens (tertiary/aromatic N) is 2. The number of rotatable bonds is 8. The van der Waals surface area contributed by atoms with Gasteiger partial charge in [-0.15, -0.1) is 0 Å². The van der Waals surface area contributed by atoms with E-state index in [2.05, 4.69) is 15.0 Å². The second-order valence-electron chi connectivity index (χ2n) is 9.65. The van der Waals surface area contributed by atoms with E-state index in [9.17, 15) is 18.8 Å². The molecule has 1 atom stereocenters. The fourth-order valence-corrected chi connectivity index (χ4v) is 5.85. The van der Waals surface area contributed by atoms with Crippen LogP contribution in [0.5, 0.6) is 0 Å². The summed E-state index contributed by atoms with van der Waals surface area (Å²) >= 11 is 0.840. The van der Waals surface area contributed by atoms with Gasteiger partial charge in [0.2, 0.25) is 5.91 Å². The third-order valence-electron chi connectivity index (χ3n) is 7.10. The molecule has 8 nitrogen and oxygen atoms in total. The monoisotopic (exact) mass is 515 g/mol. The van der Waals surface area contributed by atoms with Gasteiger partial charge < -0.3 is 16.4 Å². The summed E-state index contributed by atoms with van der Waals surface area (Å²) in [7, 11) is 0. The largest absolute Gasteiger partial charge is 0.395 e. The van der Waals surface area contributed by atoms with Crippen molar-refractivity contribution >= 4 is 40.6 Å². The Morgan fingerprint density at radius 1 is 1.03 bits per heavy atom. The number of carbonyl (C=O) groups is 3. The van der Waals surface area contributed by atoms with Crippen LogP contribution < -0.4 is 21.3 Å². The number of benzene rings is 1. The SMILES string of the molecule is CC[C@H](C(=O)NC1CCCC1)N(C(=O)c1snc(C(=O)NC2CCCCC2)c1N)c1ccc(F)cc1. The quantitative estimate of drug-likeness (QED) is 0.481. The van der Waals surface area contributed by atoms with E-state index in [1.807, 2.05) is 6.92 Å². The molecular formula is C26H34FN5O3S. The molecule has 0 aliphatic heterocycles. The van der Waals surface area contributed by atoms with Gasteiger partial charge in [-0.25, -0.2) is 4.39 Å². The maximum absolute atomic E-state index is 13.8. The van der Waals surface area contributed by atoms with Crippen LogP contribution in [0.2, 0.25) is 0 Å². The summed E-state index contributed by atoms with van der Waals surface area (Å²) in [6.07, 6.45) is 9.40. The number of nitrogens with two attached hydrogens (primary N) is 1. The Morgan fingerprint density at radius 2 is 1.61 bits per heavy atom. The summed E-state index contributed by atoms with van der Waals surface area (Å²) in [5.41, 5.74) is 6.67. The molecule has 2 fully saturated rings. The third-order valence-corrected chi connectivity index (χ3v) is 7.95. The van der Waals surface area contributed by atoms with Crippen molar-refractivity contribution in [1.82, 2.24) is 15.0 Å². The summed E-state index contributed by atoms with van der Waals surface area (Å²) < 4.78 is 17.9. The summed E-state index contributed by atoms with van der Waals surface area (Å²) in [5, 5.41) is 6.05. The first-order valence-electron chi connectivity index (χ1n) is 12.8. The highest BCUT2D eigenvalue weighted by molar-refractivity contribution is 7.09. The molecule has 2 aliphatic carbocycles. The molecule has 4 N–H and O–H groups in total. The van der Waals surface area contributed by atoms with E-state index in [1.165, 1.54) is 29.2 Å². The maximum Gasteiger partial charge on any atom is 0.273 e. The van der Waals surface area contributed by atoms with E-state index in [-0.39, 0.29) is 34.2 Å². The first-order valence-corrected chi connectivity index (χ1v) is 13.6. The van der Waals surface area contributed by atoms with Crippen molar-refractivity contribution < 1.29 is 18.8 Å². The maximum atomic E-state index is 13.8. The minimum atomic E-state index is -0.829. The third kappa shape index (κ3) is 5.86. The second-order valence-corrected chi connectivity index (χ2v) is 10.4. The normalized spacial score (nSPS) is 17.5. The van der Waals surface area contributed by atoms with E-state index in [0.29, 0.717) is 12.1 Å². The summed E-state index contributed by atoms with van der Waals surface area (Å²) in [5.74, 6) is -1.65. The van der Waals surface area contributed by atoms with Crippen LogP contribution in [0, 0.1) is 5.82 Å². The van der Waals surface area contributed by atoms with Crippen LogP contribution in [0.15, 0.2) is 24.3 Å². The van der Waals surface area contributed by atoms with Crippen molar-refractivity contribution in [2.45, 2.75) is 89.3 Å². The number of hydrogen-bond acceptors (Lipinski definition) is 6. The fourth-order valence-electron chi connectivity index (χ4n) is 5.12. The van der Waals surface area contributed by atoms with Gasteiger partial charge in [0.05, 0.1) is 5.69 Å². The molecule has 0 spiro atoms. The smallest absolute Gasteiger partial charge is 0.273 e. The average Bonchev–Trinajstić information content (AvgIpc) is 3.53. The van der Waals surface area contributed by atoms with Gasteiger partial charge in [-0.1, -0.05) is 39.0 Å². The molecule has 1 aromatic heterocycles. The van der Waals surface area contributed by atoms with Crippen molar-refractivity contribution in [3.8, 4) is 0 Å². The van der Waals surface area contributed by atoms with Crippen molar-refractivity contribution in [2.24, 2.45) is 0 Å². The Kier molecular flexibility index (Phi) is 8.56. The van der Waals surface area contributed by atoms with E-state index in [0.717, 1.165) is 69.3 Å². The molecule has 0 bridgehead atoms. The topological polar surface area (TPSA) is 117 Å². The van der Waals surface area contributed by atoms with Gasteiger partial charge in [0.15, 0.2) is 5.69 Å². The number of nitrogens with one attached hydrogen (secondary N) is 2. The highest BCUT2D eigenvalue weighted by atomic mass is 32.1. The molecule has 10 heteroatoms. The summed E-state index contributed by atoms with van der Waals surface area (Å²) in [4.78, 5) is 41.4. The number of amides is 3. The molecule has 0 saturated heterocycles. The van der Waals surface area contributed by atoms with Gasteiger partial charge in [-0.3, -0.25) is 19.3 Å². The Balaban J connectivity index is 1.60. The number of aromatic nitrogens is 1. The number of halogens is 1. The lowest BCUT2D eigenvalue weighted by Gasteiger charge is -2.31. The number of anilines is 2. The molecule has 2 aliphatic rings. The van der Waals surface area contributed by atoms with Crippen LogP contribution >= 0.6 is 11.5 Å². The first kappa shape index (κ1) is 26.1. The van der Waals surface area contributed by atoms with Crippen LogP contribution in [0.4, 0.5) is 15.8 Å². The minimum absolute atomic E-state index is 0.00326. The van der Waals surface area contributed by atoms with E-state index >= 15 is 0 Å². The van der Waals surface area contributed by atoms with Crippen LogP contribution in [0.25, 0.3) is 0 Å². The molecule has 2 saturated carbocycles. The number of hydrogen-bond donors (Lipinski definition) is 3. The van der Waals surface area contributed by atoms with Crippen LogP contribution in [-0.2, 0) is 4.79 Å². The second kappa shape index (κ2) is 11.8. The first-order chi connectivity index (χ1) is 17.4. The molecule has 1 aromatic carbocycles. The molecule has 194 valence electrons. The van der Waals surface area contributed by atoms with Crippen molar-refractivity contribution in [2.75, 3.05) is 10.6 Å². The molecule has 2 aromatic rings. The Bertz CT molecular complexity index is 1080. The molecule has 1 heterocycles. The molecule has 0 radical (unpaired) electrons. The van der Waals surface area contributed by atoms with Crippen molar-refractivity contribution in [3.63, 3.8) is 0 Å². The minimum Gasteiger partial charge on any atom is -0.395 e. The average molecular weight is 516 g/mol. The van der Waals surface area contributed by atoms with Gasteiger partial charge in [-0.2, -0.15) is 4.37 Å². The van der Waals surface area contributed by atoms with Gasteiger partial charge in [0.25, 0.3) is 11.8 Å². The predicted octanol–water partition coefficient (Wildman–Crippen LogP) is 4.41. The van der Waals surface area contributed by atoms with Crippen molar-refractivity contribution in [3.05, 3.63) is 40.7 Å². The Labute approximate surface area is 215 Å². The molecule has 3 amide bonds. The van der Waals surface area contributed by atoms with Crippen LogP contribution in [0.1, 0.15) is 91.3 Å². The summed E-state index contributed by atoms with van der Waals surface area (Å²) in [6, 6.07) is 4.75. The van der Waals surface area contributed by atoms with Gasteiger partial charge >= 0.3 is 0 Å². The lowest BCUT2D eigenvalue weighted by atomic mass is 9.95. The number of nitrogen functional groups attached to an aromatic ring is 1. The lowest BCUT2D eigenvalue weighted by Crippen LogP contribution is -2.51. The lowest BCUT2D eigenvalue weighted by molar-refractivity contribution is -0.123. The fraction of sp³-hybridized carbons (Fsp3) is 0.538. The zero-order chi connectivity index (χ0) is 25.7. The zero-order valence-corrected chi connectivity index (χ0v) is 21.4. The Hall–Kier alpha value is -3.01. The predicted molar refractivity (Wildman–Crippen MR) is 139 cm³/mol.